The normalized spacial score (nSPS) is 10.5. The van der Waals surface area contributed by atoms with Crippen molar-refractivity contribution in [2.24, 2.45) is 4.99 Å². The van der Waals surface area contributed by atoms with Gasteiger partial charge in [0.05, 0.1) is 6.61 Å². The number of aliphatic imine (C=N–C) groups is 1. The number of isocyanates is 1. The summed E-state index contributed by atoms with van der Waals surface area (Å²) in [4.78, 5) is 22.1. The zero-order valence-corrected chi connectivity index (χ0v) is 8.01. The molecule has 6 nitrogen and oxygen atoms in total. The van der Waals surface area contributed by atoms with Crippen LogP contribution in [0.3, 0.4) is 0 Å². The second kappa shape index (κ2) is 11.8. The molecule has 14 heavy (non-hydrogen) atoms. The molecule has 0 amide bonds. The Morgan fingerprint density at radius 2 is 2.07 bits per heavy atom. The number of rotatable bonds is 5. The summed E-state index contributed by atoms with van der Waals surface area (Å²) in [6.07, 6.45) is 3.07. The van der Waals surface area contributed by atoms with E-state index in [1.54, 1.807) is 0 Å². The van der Waals surface area contributed by atoms with Gasteiger partial charge in [-0.1, -0.05) is 13.3 Å². The van der Waals surface area contributed by atoms with Gasteiger partial charge in [0.25, 0.3) is 0 Å². The van der Waals surface area contributed by atoms with Crippen LogP contribution in [0.2, 0.25) is 0 Å². The quantitative estimate of drug-likeness (QED) is 0.416. The van der Waals surface area contributed by atoms with Gasteiger partial charge in [-0.25, -0.2) is 9.59 Å². The summed E-state index contributed by atoms with van der Waals surface area (Å²) in [6.45, 7) is 1.72. The number of carbonyl (C=O) groups is 1. The number of carbonyl (C=O) groups excluding carboxylic acids is 1. The van der Waals surface area contributed by atoms with Crippen molar-refractivity contribution in [2.45, 2.75) is 25.8 Å². The SMILES string of the molecule is CCCCO.O=C=NC(CO)C(=O)O. The first kappa shape index (κ1) is 15.3. The first-order valence-corrected chi connectivity index (χ1v) is 4.15. The predicted molar refractivity (Wildman–Crippen MR) is 48.6 cm³/mol. The zero-order valence-electron chi connectivity index (χ0n) is 8.01. The van der Waals surface area contributed by atoms with E-state index in [2.05, 4.69) is 11.9 Å². The Balaban J connectivity index is 0. The fourth-order valence-corrected chi connectivity index (χ4v) is 0.396. The molecule has 1 unspecified atom stereocenters. The zero-order chi connectivity index (χ0) is 11.4. The maximum absolute atomic E-state index is 9.89. The van der Waals surface area contributed by atoms with Gasteiger partial charge in [-0.15, -0.1) is 0 Å². The Morgan fingerprint density at radius 1 is 1.50 bits per heavy atom. The number of aliphatic hydroxyl groups is 2. The lowest BCUT2D eigenvalue weighted by Crippen LogP contribution is -2.21. The van der Waals surface area contributed by atoms with Crippen molar-refractivity contribution in [2.75, 3.05) is 13.2 Å². The lowest BCUT2D eigenvalue weighted by molar-refractivity contribution is -0.139. The highest BCUT2D eigenvalue weighted by Gasteiger charge is 2.13. The van der Waals surface area contributed by atoms with Crippen LogP contribution in [-0.2, 0) is 9.59 Å². The van der Waals surface area contributed by atoms with E-state index in [1.807, 2.05) is 0 Å². The average molecular weight is 205 g/mol. The first-order chi connectivity index (χ1) is 6.63. The van der Waals surface area contributed by atoms with Crippen LogP contribution in [0.1, 0.15) is 19.8 Å². The van der Waals surface area contributed by atoms with E-state index in [-0.39, 0.29) is 0 Å². The minimum Gasteiger partial charge on any atom is -0.480 e. The van der Waals surface area contributed by atoms with E-state index >= 15 is 0 Å². The minimum absolute atomic E-state index is 0.344. The lowest BCUT2D eigenvalue weighted by atomic mass is 10.3. The molecule has 0 heterocycles. The van der Waals surface area contributed by atoms with E-state index in [0.717, 1.165) is 18.9 Å². The summed E-state index contributed by atoms with van der Waals surface area (Å²) in [6, 6.07) is -1.36. The van der Waals surface area contributed by atoms with Crippen molar-refractivity contribution in [3.8, 4) is 0 Å². The van der Waals surface area contributed by atoms with E-state index in [9.17, 15) is 9.59 Å². The van der Waals surface area contributed by atoms with E-state index < -0.39 is 18.6 Å². The van der Waals surface area contributed by atoms with Gasteiger partial charge in [0.2, 0.25) is 6.08 Å². The molecular weight excluding hydrogens is 190 g/mol. The molecule has 6 heteroatoms. The highest BCUT2D eigenvalue weighted by molar-refractivity contribution is 5.74. The predicted octanol–water partition coefficient (Wildman–Crippen LogP) is -0.454. The Morgan fingerprint density at radius 3 is 2.14 bits per heavy atom. The molecule has 0 aromatic carbocycles. The summed E-state index contributed by atoms with van der Waals surface area (Å²) in [5, 5.41) is 24.3. The monoisotopic (exact) mass is 205 g/mol. The molecule has 1 atom stereocenters. The van der Waals surface area contributed by atoms with Gasteiger partial charge in [-0.2, -0.15) is 4.99 Å². The minimum atomic E-state index is -1.36. The molecule has 0 aliphatic carbocycles. The maximum Gasteiger partial charge on any atom is 0.331 e. The van der Waals surface area contributed by atoms with Gasteiger partial charge >= 0.3 is 5.97 Å². The van der Waals surface area contributed by atoms with Gasteiger partial charge < -0.3 is 15.3 Å². The number of aliphatic hydroxyl groups excluding tert-OH is 2. The molecule has 0 saturated heterocycles. The molecular formula is C8H15NO5. The highest BCUT2D eigenvalue weighted by atomic mass is 16.4. The molecule has 0 aromatic heterocycles. The Kier molecular flexibility index (Phi) is 12.8. The Hall–Kier alpha value is -1.23. The van der Waals surface area contributed by atoms with Crippen molar-refractivity contribution < 1.29 is 24.9 Å². The number of aliphatic carboxylic acids is 1. The van der Waals surface area contributed by atoms with Crippen molar-refractivity contribution >= 4 is 12.0 Å². The molecule has 0 fully saturated rings. The lowest BCUT2D eigenvalue weighted by Gasteiger charge is -1.96. The maximum atomic E-state index is 9.89. The largest absolute Gasteiger partial charge is 0.480 e. The number of carboxylic acid groups (broad SMARTS) is 1. The smallest absolute Gasteiger partial charge is 0.331 e. The molecule has 0 bridgehead atoms. The van der Waals surface area contributed by atoms with Crippen molar-refractivity contribution in [1.29, 1.82) is 0 Å². The standard InChI is InChI=1S/C4H5NO4.C4H10O/c6-1-3(4(8)9)5-2-7;1-2-3-4-5/h3,6H,1H2,(H,8,9);5H,2-4H2,1H3. The second-order valence-electron chi connectivity index (χ2n) is 2.33. The molecule has 0 rings (SSSR count). The van der Waals surface area contributed by atoms with Crippen LogP contribution in [-0.4, -0.2) is 46.6 Å². The van der Waals surface area contributed by atoms with E-state index in [1.165, 1.54) is 0 Å². The van der Waals surface area contributed by atoms with Crippen LogP contribution in [0.15, 0.2) is 4.99 Å². The molecule has 0 aliphatic heterocycles. The molecule has 0 spiro atoms. The topological polar surface area (TPSA) is 107 Å². The van der Waals surface area contributed by atoms with Gasteiger partial charge in [-0.3, -0.25) is 0 Å². The summed E-state index contributed by atoms with van der Waals surface area (Å²) in [5.41, 5.74) is 0. The molecule has 0 aliphatic rings. The Labute approximate surface area is 81.9 Å². The third-order valence-electron chi connectivity index (χ3n) is 1.18. The number of hydrogen-bond donors (Lipinski definition) is 3. The molecule has 0 aromatic rings. The third kappa shape index (κ3) is 10.8. The van der Waals surface area contributed by atoms with E-state index in [0.29, 0.717) is 6.61 Å². The van der Waals surface area contributed by atoms with Crippen LogP contribution >= 0.6 is 0 Å². The summed E-state index contributed by atoms with van der Waals surface area (Å²) in [5.74, 6) is -1.33. The van der Waals surface area contributed by atoms with Crippen LogP contribution in [0.5, 0.6) is 0 Å². The van der Waals surface area contributed by atoms with Crippen molar-refractivity contribution in [1.82, 2.24) is 0 Å². The fraction of sp³-hybridized carbons (Fsp3) is 0.750. The molecule has 82 valence electrons. The summed E-state index contributed by atoms with van der Waals surface area (Å²) >= 11 is 0. The van der Waals surface area contributed by atoms with Gasteiger partial charge in [0.1, 0.15) is 0 Å². The van der Waals surface area contributed by atoms with Crippen LogP contribution in [0, 0.1) is 0 Å². The van der Waals surface area contributed by atoms with Gasteiger partial charge in [-0.05, 0) is 6.42 Å². The third-order valence-corrected chi connectivity index (χ3v) is 1.18. The van der Waals surface area contributed by atoms with Gasteiger partial charge in [0.15, 0.2) is 6.04 Å². The molecule has 0 saturated carbocycles. The number of hydrogen-bond acceptors (Lipinski definition) is 5. The van der Waals surface area contributed by atoms with E-state index in [4.69, 9.17) is 15.3 Å². The average Bonchev–Trinajstić information content (AvgIpc) is 2.16. The van der Waals surface area contributed by atoms with Crippen LogP contribution in [0.4, 0.5) is 0 Å². The van der Waals surface area contributed by atoms with Crippen LogP contribution < -0.4 is 0 Å². The number of nitrogens with zero attached hydrogens (tertiary/aromatic N) is 1. The molecule has 0 radical (unpaired) electrons. The summed E-state index contributed by atoms with van der Waals surface area (Å²) in [7, 11) is 0. The van der Waals surface area contributed by atoms with Crippen molar-refractivity contribution in [3.63, 3.8) is 0 Å². The van der Waals surface area contributed by atoms with Crippen molar-refractivity contribution in [3.05, 3.63) is 0 Å². The second-order valence-corrected chi connectivity index (χ2v) is 2.33. The Bertz CT molecular complexity index is 184. The fourth-order valence-electron chi connectivity index (χ4n) is 0.396. The van der Waals surface area contributed by atoms with Crippen LogP contribution in [0.25, 0.3) is 0 Å². The number of unbranched alkanes of at least 4 members (excludes halogenated alkanes) is 1. The highest BCUT2D eigenvalue weighted by Crippen LogP contribution is 1.85. The summed E-state index contributed by atoms with van der Waals surface area (Å²) < 4.78 is 0. The molecule has 3 N–H and O–H groups in total. The first-order valence-electron chi connectivity index (χ1n) is 4.15. The number of carboxylic acids is 1. The van der Waals surface area contributed by atoms with Gasteiger partial charge in [0, 0.05) is 6.61 Å².